The zero-order valence-corrected chi connectivity index (χ0v) is 11.9. The number of benzene rings is 1. The Morgan fingerprint density at radius 1 is 1.20 bits per heavy atom. The number of carbonyl (C=O) groups is 1. The van der Waals surface area contributed by atoms with Gasteiger partial charge in [-0.1, -0.05) is 29.3 Å². The van der Waals surface area contributed by atoms with Gasteiger partial charge in [0, 0.05) is 16.6 Å². The Morgan fingerprint density at radius 3 is 2.65 bits per heavy atom. The van der Waals surface area contributed by atoms with Gasteiger partial charge in [0.2, 0.25) is 0 Å². The lowest BCUT2D eigenvalue weighted by Gasteiger charge is -2.06. The SMILES string of the molecule is Nc1ccc(C(=O)NCCc2ccc(Cl)cc2Cl)nn1. The third kappa shape index (κ3) is 3.82. The van der Waals surface area contributed by atoms with Crippen molar-refractivity contribution in [1.29, 1.82) is 0 Å². The molecule has 1 amide bonds. The van der Waals surface area contributed by atoms with E-state index in [1.807, 2.05) is 6.07 Å². The van der Waals surface area contributed by atoms with Crippen molar-refractivity contribution in [3.63, 3.8) is 0 Å². The fourth-order valence-electron chi connectivity index (χ4n) is 1.59. The second-order valence-corrected chi connectivity index (χ2v) is 4.93. The van der Waals surface area contributed by atoms with Crippen LogP contribution < -0.4 is 11.1 Å². The molecule has 5 nitrogen and oxygen atoms in total. The molecular weight excluding hydrogens is 299 g/mol. The van der Waals surface area contributed by atoms with Gasteiger partial charge in [0.1, 0.15) is 5.82 Å². The third-order valence-electron chi connectivity index (χ3n) is 2.61. The van der Waals surface area contributed by atoms with Crippen molar-refractivity contribution in [2.75, 3.05) is 12.3 Å². The van der Waals surface area contributed by atoms with Crippen molar-refractivity contribution < 1.29 is 4.79 Å². The Morgan fingerprint density at radius 2 is 2.00 bits per heavy atom. The first-order valence-corrected chi connectivity index (χ1v) is 6.63. The molecule has 1 aromatic carbocycles. The topological polar surface area (TPSA) is 80.9 Å². The first kappa shape index (κ1) is 14.6. The number of anilines is 1. The number of hydrogen-bond donors (Lipinski definition) is 2. The molecule has 104 valence electrons. The van der Waals surface area contributed by atoms with E-state index in [4.69, 9.17) is 28.9 Å². The maximum Gasteiger partial charge on any atom is 0.271 e. The van der Waals surface area contributed by atoms with E-state index in [2.05, 4.69) is 15.5 Å². The predicted octanol–water partition coefficient (Wildman–Crippen LogP) is 2.34. The number of nitrogens with two attached hydrogens (primary N) is 1. The van der Waals surface area contributed by atoms with Crippen LogP contribution in [-0.2, 0) is 6.42 Å². The van der Waals surface area contributed by atoms with E-state index in [0.29, 0.717) is 23.0 Å². The van der Waals surface area contributed by atoms with Crippen LogP contribution >= 0.6 is 23.2 Å². The molecule has 0 saturated heterocycles. The lowest BCUT2D eigenvalue weighted by atomic mass is 10.1. The van der Waals surface area contributed by atoms with Gasteiger partial charge < -0.3 is 11.1 Å². The van der Waals surface area contributed by atoms with Crippen LogP contribution in [0.5, 0.6) is 0 Å². The Balaban J connectivity index is 1.89. The maximum atomic E-state index is 11.8. The number of nitrogen functional groups attached to an aromatic ring is 1. The van der Waals surface area contributed by atoms with Crippen molar-refractivity contribution in [3.8, 4) is 0 Å². The molecule has 0 radical (unpaired) electrons. The fraction of sp³-hybridized carbons (Fsp3) is 0.154. The van der Waals surface area contributed by atoms with E-state index in [9.17, 15) is 4.79 Å². The smallest absolute Gasteiger partial charge is 0.271 e. The van der Waals surface area contributed by atoms with Crippen LogP contribution in [0.15, 0.2) is 30.3 Å². The van der Waals surface area contributed by atoms with Crippen molar-refractivity contribution in [2.45, 2.75) is 6.42 Å². The van der Waals surface area contributed by atoms with E-state index < -0.39 is 0 Å². The summed E-state index contributed by atoms with van der Waals surface area (Å²) >= 11 is 11.9. The molecule has 0 unspecified atom stereocenters. The van der Waals surface area contributed by atoms with Crippen LogP contribution in [0.1, 0.15) is 16.1 Å². The molecule has 0 saturated carbocycles. The second kappa shape index (κ2) is 6.54. The summed E-state index contributed by atoms with van der Waals surface area (Å²) in [6.45, 7) is 0.437. The summed E-state index contributed by atoms with van der Waals surface area (Å²) in [5, 5.41) is 11.2. The van der Waals surface area contributed by atoms with E-state index in [1.54, 1.807) is 12.1 Å². The Kier molecular flexibility index (Phi) is 4.76. The third-order valence-corrected chi connectivity index (χ3v) is 3.20. The Bertz CT molecular complexity index is 616. The van der Waals surface area contributed by atoms with E-state index in [1.165, 1.54) is 12.1 Å². The van der Waals surface area contributed by atoms with E-state index >= 15 is 0 Å². The van der Waals surface area contributed by atoms with Crippen LogP contribution in [-0.4, -0.2) is 22.6 Å². The van der Waals surface area contributed by atoms with Gasteiger partial charge in [-0.25, -0.2) is 0 Å². The molecule has 0 bridgehead atoms. The zero-order chi connectivity index (χ0) is 14.5. The quantitative estimate of drug-likeness (QED) is 0.908. The lowest BCUT2D eigenvalue weighted by molar-refractivity contribution is 0.0948. The summed E-state index contributed by atoms with van der Waals surface area (Å²) in [5.74, 6) is -0.0305. The summed E-state index contributed by atoms with van der Waals surface area (Å²) in [4.78, 5) is 11.8. The molecule has 0 aliphatic heterocycles. The predicted molar refractivity (Wildman–Crippen MR) is 78.9 cm³/mol. The zero-order valence-electron chi connectivity index (χ0n) is 10.4. The van der Waals surface area contributed by atoms with Crippen molar-refractivity contribution in [1.82, 2.24) is 15.5 Å². The standard InChI is InChI=1S/C13H12Cl2N4O/c14-9-2-1-8(10(15)7-9)5-6-17-13(20)11-3-4-12(16)19-18-11/h1-4,7H,5-6H2,(H2,16,19)(H,17,20). The largest absolute Gasteiger partial charge is 0.382 e. The molecule has 0 fully saturated rings. The van der Waals surface area contributed by atoms with Crippen LogP contribution in [0.25, 0.3) is 0 Å². The number of carbonyl (C=O) groups excluding carboxylic acids is 1. The summed E-state index contributed by atoms with van der Waals surface area (Å²) < 4.78 is 0. The first-order chi connectivity index (χ1) is 9.56. The average molecular weight is 311 g/mol. The number of amides is 1. The van der Waals surface area contributed by atoms with Crippen LogP contribution in [0.4, 0.5) is 5.82 Å². The molecule has 0 atom stereocenters. The van der Waals surface area contributed by atoms with Crippen molar-refractivity contribution >= 4 is 34.9 Å². The Labute approximate surface area is 126 Å². The minimum Gasteiger partial charge on any atom is -0.382 e. The number of aromatic nitrogens is 2. The Hall–Kier alpha value is -1.85. The number of halogens is 2. The summed E-state index contributed by atoms with van der Waals surface area (Å²) in [7, 11) is 0. The highest BCUT2D eigenvalue weighted by molar-refractivity contribution is 6.35. The first-order valence-electron chi connectivity index (χ1n) is 5.87. The maximum absolute atomic E-state index is 11.8. The molecular formula is C13H12Cl2N4O. The average Bonchev–Trinajstić information content (AvgIpc) is 2.42. The summed E-state index contributed by atoms with van der Waals surface area (Å²) in [5.41, 5.74) is 6.54. The van der Waals surface area contributed by atoms with E-state index in [0.717, 1.165) is 5.56 Å². The van der Waals surface area contributed by atoms with Gasteiger partial charge in [0.15, 0.2) is 5.69 Å². The fourth-order valence-corrected chi connectivity index (χ4v) is 2.09. The highest BCUT2D eigenvalue weighted by atomic mass is 35.5. The molecule has 2 rings (SSSR count). The van der Waals surface area contributed by atoms with Crippen molar-refractivity contribution in [3.05, 3.63) is 51.6 Å². The van der Waals surface area contributed by atoms with Gasteiger partial charge >= 0.3 is 0 Å². The molecule has 7 heteroatoms. The van der Waals surface area contributed by atoms with Crippen LogP contribution in [0.3, 0.4) is 0 Å². The summed E-state index contributed by atoms with van der Waals surface area (Å²) in [6, 6.07) is 8.31. The molecule has 0 aliphatic rings. The summed E-state index contributed by atoms with van der Waals surface area (Å²) in [6.07, 6.45) is 0.601. The van der Waals surface area contributed by atoms with Gasteiger partial charge in [-0.15, -0.1) is 10.2 Å². The van der Waals surface area contributed by atoms with Gasteiger partial charge in [0.25, 0.3) is 5.91 Å². The van der Waals surface area contributed by atoms with Gasteiger partial charge in [-0.05, 0) is 36.2 Å². The minimum atomic E-state index is -0.303. The highest BCUT2D eigenvalue weighted by Crippen LogP contribution is 2.21. The minimum absolute atomic E-state index is 0.224. The highest BCUT2D eigenvalue weighted by Gasteiger charge is 2.08. The molecule has 0 spiro atoms. The number of nitrogens with one attached hydrogen (secondary N) is 1. The van der Waals surface area contributed by atoms with Crippen molar-refractivity contribution in [2.24, 2.45) is 0 Å². The molecule has 0 aliphatic carbocycles. The van der Waals surface area contributed by atoms with Gasteiger partial charge in [-0.3, -0.25) is 4.79 Å². The molecule has 20 heavy (non-hydrogen) atoms. The molecule has 1 heterocycles. The molecule has 2 aromatic rings. The van der Waals surface area contributed by atoms with Gasteiger partial charge in [-0.2, -0.15) is 0 Å². The monoisotopic (exact) mass is 310 g/mol. The van der Waals surface area contributed by atoms with Gasteiger partial charge in [0.05, 0.1) is 0 Å². The van der Waals surface area contributed by atoms with Crippen LogP contribution in [0, 0.1) is 0 Å². The normalized spacial score (nSPS) is 10.3. The molecule has 1 aromatic heterocycles. The lowest BCUT2D eigenvalue weighted by Crippen LogP contribution is -2.26. The van der Waals surface area contributed by atoms with E-state index in [-0.39, 0.29) is 17.4 Å². The van der Waals surface area contributed by atoms with Crippen LogP contribution in [0.2, 0.25) is 10.0 Å². The molecule has 3 N–H and O–H groups in total. The number of hydrogen-bond acceptors (Lipinski definition) is 4. The number of rotatable bonds is 4. The number of nitrogens with zero attached hydrogens (tertiary/aromatic N) is 2. The second-order valence-electron chi connectivity index (χ2n) is 4.09.